The van der Waals surface area contributed by atoms with Crippen molar-refractivity contribution in [3.8, 4) is 5.75 Å². The van der Waals surface area contributed by atoms with Crippen molar-refractivity contribution in [2.45, 2.75) is 25.7 Å². The van der Waals surface area contributed by atoms with Crippen LogP contribution in [-0.2, 0) is 4.74 Å². The molecule has 1 amide bonds. The molecule has 0 aliphatic heterocycles. The molecule has 0 aromatic heterocycles. The molecule has 1 aliphatic rings. The van der Waals surface area contributed by atoms with Gasteiger partial charge in [-0.25, -0.2) is 4.79 Å². The Balaban J connectivity index is 1.78. The first kappa shape index (κ1) is 13.5. The van der Waals surface area contributed by atoms with Crippen molar-refractivity contribution in [2.75, 3.05) is 19.0 Å². The zero-order valence-corrected chi connectivity index (χ0v) is 11.1. The van der Waals surface area contributed by atoms with Crippen molar-refractivity contribution < 1.29 is 14.3 Å². The van der Waals surface area contributed by atoms with E-state index in [2.05, 4.69) is 11.4 Å². The van der Waals surface area contributed by atoms with E-state index in [4.69, 9.17) is 9.47 Å². The minimum absolute atomic E-state index is 0.391. The zero-order valence-electron chi connectivity index (χ0n) is 11.1. The number of benzene rings is 1. The summed E-state index contributed by atoms with van der Waals surface area (Å²) in [5.74, 6) is 0.756. The number of rotatable bonds is 4. The molecule has 0 fully saturated rings. The molecule has 0 heterocycles. The van der Waals surface area contributed by atoms with Crippen LogP contribution < -0.4 is 10.1 Å². The Hall–Kier alpha value is -1.97. The van der Waals surface area contributed by atoms with Gasteiger partial charge in [-0.2, -0.15) is 0 Å². The number of carbonyl (C=O) groups is 1. The number of amides is 1. The fourth-order valence-electron chi connectivity index (χ4n) is 2.02. The van der Waals surface area contributed by atoms with Gasteiger partial charge in [0, 0.05) is 5.69 Å². The number of allylic oxidation sites excluding steroid dienone is 1. The maximum absolute atomic E-state index is 11.6. The average molecular weight is 261 g/mol. The fraction of sp³-hybridized carbons (Fsp3) is 0.400. The minimum atomic E-state index is -0.420. The van der Waals surface area contributed by atoms with Crippen molar-refractivity contribution in [1.29, 1.82) is 0 Å². The third-order valence-electron chi connectivity index (χ3n) is 3.11. The smallest absolute Gasteiger partial charge is 0.411 e. The van der Waals surface area contributed by atoms with Crippen LogP contribution in [0.3, 0.4) is 0 Å². The van der Waals surface area contributed by atoms with E-state index in [1.54, 1.807) is 31.4 Å². The van der Waals surface area contributed by atoms with E-state index in [0.29, 0.717) is 12.3 Å². The Bertz CT molecular complexity index is 451. The maximum Gasteiger partial charge on any atom is 0.411 e. The van der Waals surface area contributed by atoms with Crippen LogP contribution in [0, 0.1) is 0 Å². The monoisotopic (exact) mass is 261 g/mol. The minimum Gasteiger partial charge on any atom is -0.497 e. The number of anilines is 1. The second-order valence-corrected chi connectivity index (χ2v) is 4.54. The van der Waals surface area contributed by atoms with Crippen LogP contribution in [-0.4, -0.2) is 19.8 Å². The number of hydrogen-bond acceptors (Lipinski definition) is 3. The maximum atomic E-state index is 11.6. The van der Waals surface area contributed by atoms with Crippen molar-refractivity contribution >= 4 is 11.8 Å². The lowest BCUT2D eigenvalue weighted by Crippen LogP contribution is -2.15. The Morgan fingerprint density at radius 1 is 1.26 bits per heavy atom. The summed E-state index contributed by atoms with van der Waals surface area (Å²) in [6.45, 7) is 0.391. The molecule has 0 unspecified atom stereocenters. The van der Waals surface area contributed by atoms with E-state index in [1.165, 1.54) is 18.4 Å². The molecule has 0 atom stereocenters. The van der Waals surface area contributed by atoms with Crippen LogP contribution in [0.15, 0.2) is 35.9 Å². The summed E-state index contributed by atoms with van der Waals surface area (Å²) in [4.78, 5) is 11.6. The van der Waals surface area contributed by atoms with E-state index in [-0.39, 0.29) is 0 Å². The molecule has 4 nitrogen and oxygen atoms in total. The van der Waals surface area contributed by atoms with E-state index < -0.39 is 6.09 Å². The first-order chi connectivity index (χ1) is 9.28. The van der Waals surface area contributed by atoms with Gasteiger partial charge in [0.05, 0.1) is 7.11 Å². The molecule has 0 bridgehead atoms. The fourth-order valence-corrected chi connectivity index (χ4v) is 2.02. The van der Waals surface area contributed by atoms with Crippen molar-refractivity contribution in [3.63, 3.8) is 0 Å². The summed E-state index contributed by atoms with van der Waals surface area (Å²) < 4.78 is 10.2. The Morgan fingerprint density at radius 3 is 2.68 bits per heavy atom. The van der Waals surface area contributed by atoms with Crippen molar-refractivity contribution in [1.82, 2.24) is 0 Å². The van der Waals surface area contributed by atoms with Crippen LogP contribution in [0.25, 0.3) is 0 Å². The molecule has 0 saturated carbocycles. The molecule has 1 N–H and O–H groups in total. The first-order valence-corrected chi connectivity index (χ1v) is 6.53. The Labute approximate surface area is 113 Å². The molecule has 1 aliphatic carbocycles. The summed E-state index contributed by atoms with van der Waals surface area (Å²) in [5.41, 5.74) is 1.92. The van der Waals surface area contributed by atoms with E-state index >= 15 is 0 Å². The molecule has 0 saturated heterocycles. The van der Waals surface area contributed by atoms with E-state index in [1.807, 2.05) is 0 Å². The molecule has 1 aromatic carbocycles. The topological polar surface area (TPSA) is 47.6 Å². The lowest BCUT2D eigenvalue weighted by atomic mass is 10.0. The average Bonchev–Trinajstić information content (AvgIpc) is 2.47. The SMILES string of the molecule is COc1ccc(NC(=O)OCC2=CCCCC2)cc1. The van der Waals surface area contributed by atoms with Gasteiger partial charge >= 0.3 is 6.09 Å². The second-order valence-electron chi connectivity index (χ2n) is 4.54. The first-order valence-electron chi connectivity index (χ1n) is 6.53. The third-order valence-corrected chi connectivity index (χ3v) is 3.11. The van der Waals surface area contributed by atoms with Crippen LogP contribution in [0.4, 0.5) is 10.5 Å². The second kappa shape index (κ2) is 6.83. The molecule has 102 valence electrons. The number of hydrogen-bond donors (Lipinski definition) is 1. The lowest BCUT2D eigenvalue weighted by Gasteiger charge is -2.13. The predicted molar refractivity (Wildman–Crippen MR) is 74.5 cm³/mol. The molecule has 4 heteroatoms. The third kappa shape index (κ3) is 4.32. The Morgan fingerprint density at radius 2 is 2.05 bits per heavy atom. The van der Waals surface area contributed by atoms with E-state index in [0.717, 1.165) is 18.6 Å². The van der Waals surface area contributed by atoms with Gasteiger partial charge in [-0.1, -0.05) is 6.08 Å². The van der Waals surface area contributed by atoms with Crippen LogP contribution >= 0.6 is 0 Å². The van der Waals surface area contributed by atoms with Gasteiger partial charge in [-0.3, -0.25) is 5.32 Å². The highest BCUT2D eigenvalue weighted by Crippen LogP contribution is 2.18. The van der Waals surface area contributed by atoms with Gasteiger partial charge in [0.1, 0.15) is 12.4 Å². The highest BCUT2D eigenvalue weighted by atomic mass is 16.5. The number of nitrogens with one attached hydrogen (secondary N) is 1. The highest BCUT2D eigenvalue weighted by Gasteiger charge is 2.07. The van der Waals surface area contributed by atoms with Gasteiger partial charge in [0.2, 0.25) is 0 Å². The lowest BCUT2D eigenvalue weighted by molar-refractivity contribution is 0.170. The molecule has 19 heavy (non-hydrogen) atoms. The number of carbonyl (C=O) groups excluding carboxylic acids is 1. The van der Waals surface area contributed by atoms with Gasteiger partial charge in [0.25, 0.3) is 0 Å². The predicted octanol–water partition coefficient (Wildman–Crippen LogP) is 3.74. The molecule has 1 aromatic rings. The van der Waals surface area contributed by atoms with Crippen LogP contribution in [0.5, 0.6) is 5.75 Å². The zero-order chi connectivity index (χ0) is 13.5. The van der Waals surface area contributed by atoms with Crippen LogP contribution in [0.1, 0.15) is 25.7 Å². The largest absolute Gasteiger partial charge is 0.497 e. The normalized spacial score (nSPS) is 14.5. The number of ether oxygens (including phenoxy) is 2. The summed E-state index contributed by atoms with van der Waals surface area (Å²) in [6.07, 6.45) is 6.31. The van der Waals surface area contributed by atoms with Crippen LogP contribution in [0.2, 0.25) is 0 Å². The summed E-state index contributed by atoms with van der Waals surface area (Å²) >= 11 is 0. The highest BCUT2D eigenvalue weighted by molar-refractivity contribution is 5.84. The van der Waals surface area contributed by atoms with Crippen molar-refractivity contribution in [3.05, 3.63) is 35.9 Å². The van der Waals surface area contributed by atoms with Gasteiger partial charge in [-0.15, -0.1) is 0 Å². The van der Waals surface area contributed by atoms with Gasteiger partial charge < -0.3 is 9.47 Å². The number of methoxy groups -OCH3 is 1. The molecular formula is C15H19NO3. The molecule has 0 radical (unpaired) electrons. The molecule has 0 spiro atoms. The summed E-state index contributed by atoms with van der Waals surface area (Å²) in [7, 11) is 1.61. The Kier molecular flexibility index (Phi) is 4.84. The van der Waals surface area contributed by atoms with Gasteiger partial charge in [-0.05, 0) is 55.5 Å². The summed E-state index contributed by atoms with van der Waals surface area (Å²) in [5, 5.41) is 2.69. The quantitative estimate of drug-likeness (QED) is 0.840. The van der Waals surface area contributed by atoms with E-state index in [9.17, 15) is 4.79 Å². The standard InChI is InChI=1S/C15H19NO3/c1-18-14-9-7-13(8-10-14)16-15(17)19-11-12-5-3-2-4-6-12/h5,7-10H,2-4,6,11H2,1H3,(H,16,17). The summed E-state index contributed by atoms with van der Waals surface area (Å²) in [6, 6.07) is 7.14. The van der Waals surface area contributed by atoms with Crippen molar-refractivity contribution in [2.24, 2.45) is 0 Å². The molecular weight excluding hydrogens is 242 g/mol. The molecule has 2 rings (SSSR count). The van der Waals surface area contributed by atoms with Gasteiger partial charge in [0.15, 0.2) is 0 Å².